The number of carbonyl (C=O) groups is 1. The first-order valence-electron chi connectivity index (χ1n) is 7.92. The van der Waals surface area contributed by atoms with Crippen molar-refractivity contribution in [2.24, 2.45) is 5.73 Å². The Bertz CT molecular complexity index is 683. The van der Waals surface area contributed by atoms with Gasteiger partial charge in [-0.05, 0) is 42.5 Å². The highest BCUT2D eigenvalue weighted by Crippen LogP contribution is 2.47. The van der Waals surface area contributed by atoms with Gasteiger partial charge in [-0.15, -0.1) is 0 Å². The van der Waals surface area contributed by atoms with Gasteiger partial charge >= 0.3 is 0 Å². The normalized spacial score (nSPS) is 16.6. The molecule has 0 saturated heterocycles. The lowest BCUT2D eigenvalue weighted by atomic mass is 9.95. The fourth-order valence-electron chi connectivity index (χ4n) is 2.88. The van der Waals surface area contributed by atoms with Crippen LogP contribution >= 0.6 is 0 Å². The third-order valence-corrected chi connectivity index (χ3v) is 4.53. The molecule has 1 aliphatic rings. The molecule has 1 aliphatic carbocycles. The van der Waals surface area contributed by atoms with E-state index in [9.17, 15) is 9.18 Å². The molecule has 2 aromatic carbocycles. The zero-order chi connectivity index (χ0) is 16.3. The summed E-state index contributed by atoms with van der Waals surface area (Å²) >= 11 is 0. The number of benzene rings is 2. The van der Waals surface area contributed by atoms with Crippen LogP contribution in [0, 0.1) is 5.82 Å². The van der Waals surface area contributed by atoms with E-state index in [-0.39, 0.29) is 17.1 Å². The van der Waals surface area contributed by atoms with Gasteiger partial charge in [0, 0.05) is 12.0 Å². The summed E-state index contributed by atoms with van der Waals surface area (Å²) < 4.78 is 13.4. The van der Waals surface area contributed by atoms with Crippen LogP contribution in [0.4, 0.5) is 4.39 Å². The Kier molecular flexibility index (Phi) is 4.44. The average molecular weight is 312 g/mol. The molecule has 3 rings (SSSR count). The number of amides is 1. The summed E-state index contributed by atoms with van der Waals surface area (Å²) in [6.07, 6.45) is 2.44. The summed E-state index contributed by atoms with van der Waals surface area (Å²) in [5.74, 6) is -0.391. The van der Waals surface area contributed by atoms with Crippen molar-refractivity contribution in [2.75, 3.05) is 6.54 Å². The van der Waals surface area contributed by atoms with Gasteiger partial charge in [0.05, 0.1) is 6.04 Å². The standard InChI is InChI=1S/C19H21FN2O/c20-16-8-4-7-15(12-16)19(9-10-19)13-22-18(23)17(21)11-14-5-2-1-3-6-14/h1-8,12,17H,9-11,13,21H2,(H,22,23)/t17-/m0/s1. The Balaban J connectivity index is 1.56. The van der Waals surface area contributed by atoms with Crippen LogP contribution in [-0.2, 0) is 16.6 Å². The molecule has 3 N–H and O–H groups in total. The lowest BCUT2D eigenvalue weighted by molar-refractivity contribution is -0.122. The molecule has 1 saturated carbocycles. The first-order chi connectivity index (χ1) is 11.1. The van der Waals surface area contributed by atoms with Crippen LogP contribution in [0.15, 0.2) is 54.6 Å². The molecule has 0 spiro atoms. The number of hydrogen-bond acceptors (Lipinski definition) is 2. The molecule has 0 radical (unpaired) electrons. The molecule has 0 bridgehead atoms. The average Bonchev–Trinajstić information content (AvgIpc) is 3.35. The van der Waals surface area contributed by atoms with E-state index in [1.54, 1.807) is 12.1 Å². The molecule has 1 atom stereocenters. The van der Waals surface area contributed by atoms with Crippen molar-refractivity contribution in [3.05, 3.63) is 71.5 Å². The van der Waals surface area contributed by atoms with Crippen LogP contribution in [0.25, 0.3) is 0 Å². The Hall–Kier alpha value is -2.20. The Morgan fingerprint density at radius 2 is 1.91 bits per heavy atom. The number of carbonyl (C=O) groups excluding carboxylic acids is 1. The third kappa shape index (κ3) is 3.77. The van der Waals surface area contributed by atoms with Crippen LogP contribution in [0.1, 0.15) is 24.0 Å². The molecule has 1 amide bonds. The van der Waals surface area contributed by atoms with E-state index < -0.39 is 6.04 Å². The van der Waals surface area contributed by atoms with E-state index in [4.69, 9.17) is 5.73 Å². The van der Waals surface area contributed by atoms with Gasteiger partial charge in [-0.3, -0.25) is 4.79 Å². The molecule has 0 aromatic heterocycles. The minimum absolute atomic E-state index is 0.121. The Morgan fingerprint density at radius 3 is 2.57 bits per heavy atom. The van der Waals surface area contributed by atoms with E-state index in [1.807, 2.05) is 36.4 Å². The van der Waals surface area contributed by atoms with Crippen molar-refractivity contribution in [2.45, 2.75) is 30.7 Å². The van der Waals surface area contributed by atoms with Gasteiger partial charge in [-0.25, -0.2) is 4.39 Å². The summed E-state index contributed by atoms with van der Waals surface area (Å²) in [7, 11) is 0. The lowest BCUT2D eigenvalue weighted by Gasteiger charge is -2.19. The molecular formula is C19H21FN2O. The van der Waals surface area contributed by atoms with Gasteiger partial charge in [0.2, 0.25) is 5.91 Å². The van der Waals surface area contributed by atoms with Crippen LogP contribution in [0.2, 0.25) is 0 Å². The van der Waals surface area contributed by atoms with Crippen LogP contribution in [-0.4, -0.2) is 18.5 Å². The molecule has 23 heavy (non-hydrogen) atoms. The molecular weight excluding hydrogens is 291 g/mol. The predicted molar refractivity (Wildman–Crippen MR) is 88.4 cm³/mol. The highest BCUT2D eigenvalue weighted by Gasteiger charge is 2.44. The topological polar surface area (TPSA) is 55.1 Å². The van der Waals surface area contributed by atoms with Gasteiger partial charge < -0.3 is 11.1 Å². The minimum atomic E-state index is -0.569. The minimum Gasteiger partial charge on any atom is -0.354 e. The van der Waals surface area contributed by atoms with E-state index in [0.717, 1.165) is 24.0 Å². The van der Waals surface area contributed by atoms with Gasteiger partial charge in [-0.1, -0.05) is 42.5 Å². The second kappa shape index (κ2) is 6.50. The van der Waals surface area contributed by atoms with E-state index in [1.165, 1.54) is 6.07 Å². The largest absolute Gasteiger partial charge is 0.354 e. The SMILES string of the molecule is N[C@@H](Cc1ccccc1)C(=O)NCC1(c2cccc(F)c2)CC1. The van der Waals surface area contributed by atoms with E-state index in [2.05, 4.69) is 5.32 Å². The molecule has 2 aromatic rings. The first kappa shape index (κ1) is 15.7. The maximum Gasteiger partial charge on any atom is 0.237 e. The van der Waals surface area contributed by atoms with Gasteiger partial charge in [0.1, 0.15) is 5.82 Å². The van der Waals surface area contributed by atoms with Gasteiger partial charge in [-0.2, -0.15) is 0 Å². The van der Waals surface area contributed by atoms with Gasteiger partial charge in [0.25, 0.3) is 0 Å². The lowest BCUT2D eigenvalue weighted by Crippen LogP contribution is -2.44. The maximum absolute atomic E-state index is 13.4. The molecule has 1 fully saturated rings. The number of rotatable bonds is 6. The highest BCUT2D eigenvalue weighted by atomic mass is 19.1. The smallest absolute Gasteiger partial charge is 0.237 e. The van der Waals surface area contributed by atoms with E-state index in [0.29, 0.717) is 13.0 Å². The fraction of sp³-hybridized carbons (Fsp3) is 0.316. The molecule has 0 aliphatic heterocycles. The molecule has 0 unspecified atom stereocenters. The van der Waals surface area contributed by atoms with Crippen molar-refractivity contribution < 1.29 is 9.18 Å². The Morgan fingerprint density at radius 1 is 1.17 bits per heavy atom. The van der Waals surface area contributed by atoms with Crippen molar-refractivity contribution in [1.82, 2.24) is 5.32 Å². The summed E-state index contributed by atoms with van der Waals surface area (Å²) in [5, 5.41) is 2.94. The summed E-state index contributed by atoms with van der Waals surface area (Å²) in [6.45, 7) is 0.512. The van der Waals surface area contributed by atoms with Crippen molar-refractivity contribution in [1.29, 1.82) is 0 Å². The number of nitrogens with one attached hydrogen (secondary N) is 1. The third-order valence-electron chi connectivity index (χ3n) is 4.53. The van der Waals surface area contributed by atoms with Crippen LogP contribution in [0.5, 0.6) is 0 Å². The summed E-state index contributed by atoms with van der Waals surface area (Å²) in [4.78, 5) is 12.2. The molecule has 120 valence electrons. The zero-order valence-electron chi connectivity index (χ0n) is 13.0. The maximum atomic E-state index is 13.4. The molecule has 0 heterocycles. The van der Waals surface area contributed by atoms with Crippen LogP contribution < -0.4 is 11.1 Å². The number of halogens is 1. The van der Waals surface area contributed by atoms with Gasteiger partial charge in [0.15, 0.2) is 0 Å². The monoisotopic (exact) mass is 312 g/mol. The second-order valence-electron chi connectivity index (χ2n) is 6.30. The molecule has 3 nitrogen and oxygen atoms in total. The van der Waals surface area contributed by atoms with Crippen molar-refractivity contribution in [3.8, 4) is 0 Å². The second-order valence-corrected chi connectivity index (χ2v) is 6.30. The highest BCUT2D eigenvalue weighted by molar-refractivity contribution is 5.82. The number of nitrogens with two attached hydrogens (primary N) is 1. The quantitative estimate of drug-likeness (QED) is 0.861. The summed E-state index contributed by atoms with van der Waals surface area (Å²) in [5.41, 5.74) is 7.87. The molecule has 4 heteroatoms. The fourth-order valence-corrected chi connectivity index (χ4v) is 2.88. The van der Waals surface area contributed by atoms with Crippen molar-refractivity contribution >= 4 is 5.91 Å². The van der Waals surface area contributed by atoms with E-state index >= 15 is 0 Å². The van der Waals surface area contributed by atoms with Crippen molar-refractivity contribution in [3.63, 3.8) is 0 Å². The van der Waals surface area contributed by atoms with Crippen LogP contribution in [0.3, 0.4) is 0 Å². The Labute approximate surface area is 135 Å². The summed E-state index contributed by atoms with van der Waals surface area (Å²) in [6, 6.07) is 15.8. The number of hydrogen-bond donors (Lipinski definition) is 2. The predicted octanol–water partition coefficient (Wildman–Crippen LogP) is 2.54. The zero-order valence-corrected chi connectivity index (χ0v) is 13.0. The first-order valence-corrected chi connectivity index (χ1v) is 7.92.